The largest absolute Gasteiger partial charge is 0.456 e. The number of anilines is 3. The van der Waals surface area contributed by atoms with Gasteiger partial charge >= 0.3 is 0 Å². The summed E-state index contributed by atoms with van der Waals surface area (Å²) in [6.45, 7) is 14.3. The Labute approximate surface area is 433 Å². The predicted molar refractivity (Wildman–Crippen MR) is 309 cm³/mol. The van der Waals surface area contributed by atoms with Crippen LogP contribution in [0.15, 0.2) is 184 Å². The zero-order valence-corrected chi connectivity index (χ0v) is 43.2. The number of benzene rings is 7. The molecule has 7 aromatic carbocycles. The van der Waals surface area contributed by atoms with Crippen molar-refractivity contribution in [2.45, 2.75) is 90.0 Å². The molecule has 4 aliphatic heterocycles. The zero-order valence-electron chi connectivity index (χ0n) is 43.2. The highest BCUT2D eigenvalue weighted by Crippen LogP contribution is 2.65. The third-order valence-corrected chi connectivity index (χ3v) is 18.1. The summed E-state index contributed by atoms with van der Waals surface area (Å²) >= 11 is 0. The standard InChI is InChI=1S/C70H60N2O2/c1-42-16-15-22-57-58-41-70(42,58)72-59-23-12-9-18-50(59)56-38-47(35-37-60(56)72)71(48-34-36-52-51-19-10-13-24-62(51)73-64(52)39-48)61-40-55(44-26-30-45(31-27-44)68(2,3)4)65(67-66(61)54-21-11-14-25-63(54)74-67)53-20-8-7-17-49(53)43-28-32-46(33-29-43)69(57,5)6/h7-10,13-20,22,24-40,42,58H,11-12,21,23,41H2,1-6H3/t42-,58?,70?/m0/s1. The topological polar surface area (TPSA) is 34.5 Å². The molecule has 7 heterocycles. The minimum atomic E-state index is -0.202. The summed E-state index contributed by atoms with van der Waals surface area (Å²) in [5, 5.41) is 4.69. The Morgan fingerprint density at radius 1 is 0.649 bits per heavy atom. The van der Waals surface area contributed by atoms with Crippen LogP contribution in [-0.2, 0) is 29.2 Å². The highest BCUT2D eigenvalue weighted by atomic mass is 16.3. The van der Waals surface area contributed by atoms with Gasteiger partial charge < -0.3 is 18.3 Å². The Morgan fingerprint density at radius 2 is 1.36 bits per heavy atom. The van der Waals surface area contributed by atoms with Crippen LogP contribution in [0.1, 0.15) is 94.5 Å². The van der Waals surface area contributed by atoms with Crippen LogP contribution >= 0.6 is 0 Å². The molecule has 0 saturated heterocycles. The van der Waals surface area contributed by atoms with Crippen molar-refractivity contribution in [2.75, 3.05) is 4.90 Å². The van der Waals surface area contributed by atoms with Crippen LogP contribution < -0.4 is 4.90 Å². The lowest BCUT2D eigenvalue weighted by molar-refractivity contribution is 0.352. The number of aryl methyl sites for hydroxylation is 1. The molecule has 1 saturated carbocycles. The number of allylic oxidation sites excluding steroid dienone is 6. The predicted octanol–water partition coefficient (Wildman–Crippen LogP) is 19.1. The van der Waals surface area contributed by atoms with Crippen molar-refractivity contribution in [2.24, 2.45) is 11.8 Å². The quantitative estimate of drug-likeness (QED) is 0.173. The molecule has 1 fully saturated rings. The Bertz CT molecular complexity index is 4130. The summed E-state index contributed by atoms with van der Waals surface area (Å²) in [5.74, 6) is 1.68. The number of fused-ring (bicyclic) bond motifs is 7. The SMILES string of the molecule is C[C@H]1C=CC=C2C3CC31n1c3c(c4cc(ccc41)N(c1ccc4c(c1)oc1ccccc14)c1cc(-c4ccc(C(C)(C)C)cc4)c(c4oc5c(c14)CCC=C5)-c1ccccc1-c1ccc(cc1)C2(C)C)C=CCC3. The third-order valence-electron chi connectivity index (χ3n) is 18.1. The molecule has 8 aliphatic rings. The molecule has 0 spiro atoms. The van der Waals surface area contributed by atoms with E-state index in [-0.39, 0.29) is 16.4 Å². The second-order valence-corrected chi connectivity index (χ2v) is 23.5. The average molecular weight is 961 g/mol. The van der Waals surface area contributed by atoms with Gasteiger partial charge in [0.15, 0.2) is 0 Å². The number of aromatic nitrogens is 1. The molecule has 0 N–H and O–H groups in total. The number of nitrogens with zero attached hydrogens (tertiary/aromatic N) is 2. The molecule has 10 bridgehead atoms. The van der Waals surface area contributed by atoms with E-state index in [4.69, 9.17) is 8.83 Å². The number of hydrogen-bond donors (Lipinski definition) is 0. The highest BCUT2D eigenvalue weighted by molar-refractivity contribution is 6.14. The van der Waals surface area contributed by atoms with Crippen LogP contribution in [0.2, 0.25) is 0 Å². The minimum Gasteiger partial charge on any atom is -0.456 e. The van der Waals surface area contributed by atoms with Gasteiger partial charge in [-0.05, 0) is 131 Å². The smallest absolute Gasteiger partial charge is 0.145 e. The van der Waals surface area contributed by atoms with Crippen molar-refractivity contribution in [3.63, 3.8) is 0 Å². The van der Waals surface area contributed by atoms with Crippen molar-refractivity contribution in [3.05, 3.63) is 209 Å². The van der Waals surface area contributed by atoms with Crippen LogP contribution in [-0.4, -0.2) is 4.57 Å². The van der Waals surface area contributed by atoms with Crippen molar-refractivity contribution >= 4 is 73.0 Å². The van der Waals surface area contributed by atoms with E-state index in [1.807, 2.05) is 0 Å². The second-order valence-electron chi connectivity index (χ2n) is 23.5. The van der Waals surface area contributed by atoms with Gasteiger partial charge in [0.1, 0.15) is 22.5 Å². The van der Waals surface area contributed by atoms with E-state index < -0.39 is 0 Å². The Hall–Kier alpha value is -7.82. The van der Waals surface area contributed by atoms with Crippen LogP contribution in [0.4, 0.5) is 17.1 Å². The van der Waals surface area contributed by atoms with E-state index in [9.17, 15) is 0 Å². The van der Waals surface area contributed by atoms with Crippen LogP contribution in [0.25, 0.3) is 89.3 Å². The number of hydrogen-bond acceptors (Lipinski definition) is 3. The first-order valence-electron chi connectivity index (χ1n) is 27.0. The summed E-state index contributed by atoms with van der Waals surface area (Å²) in [4.78, 5) is 2.52. The van der Waals surface area contributed by atoms with E-state index in [1.54, 1.807) is 0 Å². The molecule has 362 valence electrons. The van der Waals surface area contributed by atoms with Gasteiger partial charge in [-0.2, -0.15) is 0 Å². The molecule has 0 amide bonds. The van der Waals surface area contributed by atoms with E-state index in [2.05, 4.69) is 233 Å². The zero-order chi connectivity index (χ0) is 49.8. The molecule has 4 heteroatoms. The second kappa shape index (κ2) is 15.6. The minimum absolute atomic E-state index is 0.00231. The Balaban J connectivity index is 1.10. The van der Waals surface area contributed by atoms with Crippen molar-refractivity contribution < 1.29 is 8.83 Å². The summed E-state index contributed by atoms with van der Waals surface area (Å²) in [5.41, 5.74) is 22.1. The van der Waals surface area contributed by atoms with Gasteiger partial charge in [0.05, 0.1) is 11.2 Å². The summed E-state index contributed by atoms with van der Waals surface area (Å²) in [7, 11) is 0. The first-order chi connectivity index (χ1) is 36.0. The van der Waals surface area contributed by atoms with Crippen LogP contribution in [0.5, 0.6) is 0 Å². The van der Waals surface area contributed by atoms with Gasteiger partial charge in [-0.25, -0.2) is 0 Å². The Kier molecular flexibility index (Phi) is 9.22. The third kappa shape index (κ3) is 6.21. The highest BCUT2D eigenvalue weighted by Gasteiger charge is 2.63. The van der Waals surface area contributed by atoms with Gasteiger partial charge in [0.25, 0.3) is 0 Å². The molecule has 2 unspecified atom stereocenters. The normalized spacial score (nSPS) is 20.4. The molecule has 4 aliphatic carbocycles. The Morgan fingerprint density at radius 3 is 2.20 bits per heavy atom. The fourth-order valence-electron chi connectivity index (χ4n) is 14.1. The van der Waals surface area contributed by atoms with Crippen molar-refractivity contribution in [1.29, 1.82) is 0 Å². The maximum atomic E-state index is 7.44. The van der Waals surface area contributed by atoms with Crippen LogP contribution in [0.3, 0.4) is 0 Å². The van der Waals surface area contributed by atoms with Crippen molar-refractivity contribution in [1.82, 2.24) is 4.57 Å². The summed E-state index contributed by atoms with van der Waals surface area (Å²) < 4.78 is 17.0. The first-order valence-corrected chi connectivity index (χ1v) is 27.0. The summed E-state index contributed by atoms with van der Waals surface area (Å²) in [6.07, 6.45) is 21.6. The summed E-state index contributed by atoms with van der Waals surface area (Å²) in [6, 6.07) is 53.0. The average Bonchev–Trinajstić information content (AvgIpc) is 3.92. The van der Waals surface area contributed by atoms with Crippen molar-refractivity contribution in [3.8, 4) is 33.4 Å². The molecule has 3 aromatic heterocycles. The maximum absolute atomic E-state index is 7.44. The van der Waals surface area contributed by atoms with Gasteiger partial charge in [0, 0.05) is 78.2 Å². The lowest BCUT2D eigenvalue weighted by Crippen LogP contribution is -2.31. The van der Waals surface area contributed by atoms with E-state index in [1.165, 1.54) is 55.6 Å². The molecular formula is C70H60N2O2. The lowest BCUT2D eigenvalue weighted by atomic mass is 9.74. The fourth-order valence-corrected chi connectivity index (χ4v) is 14.1. The number of para-hydroxylation sites is 1. The van der Waals surface area contributed by atoms with E-state index >= 15 is 0 Å². The van der Waals surface area contributed by atoms with Gasteiger partial charge in [-0.15, -0.1) is 0 Å². The molecule has 18 rings (SSSR count). The van der Waals surface area contributed by atoms with Crippen LogP contribution in [0, 0.1) is 11.8 Å². The lowest BCUT2D eigenvalue weighted by Gasteiger charge is -2.34. The number of furan rings is 2. The van der Waals surface area contributed by atoms with Gasteiger partial charge in [-0.3, -0.25) is 0 Å². The molecule has 4 nitrogen and oxygen atoms in total. The molecule has 74 heavy (non-hydrogen) atoms. The fraction of sp³-hybridized carbons (Fsp3) is 0.229. The van der Waals surface area contributed by atoms with E-state index in [0.29, 0.717) is 11.8 Å². The molecule has 3 atom stereocenters. The molecule has 0 radical (unpaired) electrons. The monoisotopic (exact) mass is 960 g/mol. The molecular weight excluding hydrogens is 901 g/mol. The first kappa shape index (κ1) is 43.7. The van der Waals surface area contributed by atoms with Gasteiger partial charge in [-0.1, -0.05) is 175 Å². The van der Waals surface area contributed by atoms with Gasteiger partial charge in [0.2, 0.25) is 0 Å². The van der Waals surface area contributed by atoms with E-state index in [0.717, 1.165) is 110 Å². The number of rotatable bonds is 2. The molecule has 10 aromatic rings. The maximum Gasteiger partial charge on any atom is 0.145 e.